The van der Waals surface area contributed by atoms with Gasteiger partial charge >= 0.3 is 0 Å². The molecule has 1 aromatic rings. The summed E-state index contributed by atoms with van der Waals surface area (Å²) in [6.45, 7) is 9.50. The van der Waals surface area contributed by atoms with Gasteiger partial charge in [0.05, 0.1) is 11.3 Å². The standard InChI is InChI=1S/C15H23NO3/c1-10(2)15(5,17)9-19-14-8-11(3)6-7-13(14)12(4)16-18/h6-8,10,17-18H,9H2,1-5H3/b16-12+. The first-order valence-corrected chi connectivity index (χ1v) is 6.42. The zero-order chi connectivity index (χ0) is 14.6. The maximum Gasteiger partial charge on any atom is 0.128 e. The number of aryl methyl sites for hydroxylation is 1. The lowest BCUT2D eigenvalue weighted by Gasteiger charge is -2.28. The number of benzene rings is 1. The molecule has 1 atom stereocenters. The van der Waals surface area contributed by atoms with E-state index in [0.717, 1.165) is 11.1 Å². The van der Waals surface area contributed by atoms with Crippen molar-refractivity contribution in [3.63, 3.8) is 0 Å². The zero-order valence-electron chi connectivity index (χ0n) is 12.3. The Hall–Kier alpha value is -1.55. The average Bonchev–Trinajstić information content (AvgIpc) is 2.35. The second-order valence-corrected chi connectivity index (χ2v) is 5.49. The van der Waals surface area contributed by atoms with Crippen molar-refractivity contribution in [3.05, 3.63) is 29.3 Å². The van der Waals surface area contributed by atoms with Crippen molar-refractivity contribution in [1.82, 2.24) is 0 Å². The number of hydrogen-bond acceptors (Lipinski definition) is 4. The maximum absolute atomic E-state index is 10.2. The average molecular weight is 265 g/mol. The molecule has 0 bridgehead atoms. The molecule has 0 aliphatic carbocycles. The molecular formula is C15H23NO3. The summed E-state index contributed by atoms with van der Waals surface area (Å²) in [5.41, 5.74) is 1.37. The molecule has 0 spiro atoms. The number of oxime groups is 1. The normalized spacial score (nSPS) is 15.4. The molecule has 106 valence electrons. The number of hydrogen-bond donors (Lipinski definition) is 2. The van der Waals surface area contributed by atoms with Crippen LogP contribution in [0.3, 0.4) is 0 Å². The van der Waals surface area contributed by atoms with Gasteiger partial charge in [0.25, 0.3) is 0 Å². The summed E-state index contributed by atoms with van der Waals surface area (Å²) in [4.78, 5) is 0. The molecular weight excluding hydrogens is 242 g/mol. The minimum Gasteiger partial charge on any atom is -0.490 e. The fourth-order valence-electron chi connectivity index (χ4n) is 1.49. The van der Waals surface area contributed by atoms with Crippen LogP contribution in [0.2, 0.25) is 0 Å². The summed E-state index contributed by atoms with van der Waals surface area (Å²) in [7, 11) is 0. The van der Waals surface area contributed by atoms with Crippen molar-refractivity contribution in [2.45, 2.75) is 40.2 Å². The minimum absolute atomic E-state index is 0.0911. The molecule has 19 heavy (non-hydrogen) atoms. The molecule has 2 N–H and O–H groups in total. The van der Waals surface area contributed by atoms with E-state index in [1.165, 1.54) is 0 Å². The van der Waals surface area contributed by atoms with Gasteiger partial charge in [0.2, 0.25) is 0 Å². The summed E-state index contributed by atoms with van der Waals surface area (Å²) in [6, 6.07) is 5.65. The van der Waals surface area contributed by atoms with Crippen LogP contribution >= 0.6 is 0 Å². The highest BCUT2D eigenvalue weighted by Gasteiger charge is 2.26. The van der Waals surface area contributed by atoms with Crippen molar-refractivity contribution in [1.29, 1.82) is 0 Å². The fraction of sp³-hybridized carbons (Fsp3) is 0.533. The summed E-state index contributed by atoms with van der Waals surface area (Å²) >= 11 is 0. The van der Waals surface area contributed by atoms with Crippen LogP contribution in [0, 0.1) is 12.8 Å². The van der Waals surface area contributed by atoms with Gasteiger partial charge in [0.1, 0.15) is 12.4 Å². The molecule has 0 saturated carbocycles. The molecule has 0 radical (unpaired) electrons. The van der Waals surface area contributed by atoms with Crippen LogP contribution in [0.15, 0.2) is 23.4 Å². The monoisotopic (exact) mass is 265 g/mol. The van der Waals surface area contributed by atoms with Gasteiger partial charge in [-0.3, -0.25) is 0 Å². The maximum atomic E-state index is 10.2. The molecule has 1 aromatic carbocycles. The first kappa shape index (κ1) is 15.5. The zero-order valence-corrected chi connectivity index (χ0v) is 12.3. The number of ether oxygens (including phenoxy) is 1. The van der Waals surface area contributed by atoms with Gasteiger partial charge < -0.3 is 15.1 Å². The van der Waals surface area contributed by atoms with Crippen LogP contribution in [0.1, 0.15) is 38.8 Å². The summed E-state index contributed by atoms with van der Waals surface area (Å²) in [5, 5.41) is 22.3. The minimum atomic E-state index is -0.898. The van der Waals surface area contributed by atoms with E-state index in [9.17, 15) is 5.11 Å². The number of rotatable bonds is 5. The second-order valence-electron chi connectivity index (χ2n) is 5.49. The molecule has 1 rings (SSSR count). The van der Waals surface area contributed by atoms with Crippen molar-refractivity contribution in [2.75, 3.05) is 6.61 Å². The first-order valence-electron chi connectivity index (χ1n) is 6.42. The SMILES string of the molecule is C/C(=N\O)c1ccc(C)cc1OCC(C)(O)C(C)C. The first-order chi connectivity index (χ1) is 8.77. The van der Waals surface area contributed by atoms with Gasteiger partial charge in [-0.25, -0.2) is 0 Å². The molecule has 0 amide bonds. The fourth-order valence-corrected chi connectivity index (χ4v) is 1.49. The van der Waals surface area contributed by atoms with Crippen molar-refractivity contribution >= 4 is 5.71 Å². The highest BCUT2D eigenvalue weighted by atomic mass is 16.5. The highest BCUT2D eigenvalue weighted by molar-refractivity contribution is 6.00. The van der Waals surface area contributed by atoms with E-state index in [1.54, 1.807) is 13.8 Å². The third-order valence-corrected chi connectivity index (χ3v) is 3.44. The van der Waals surface area contributed by atoms with Crippen LogP contribution in [0.5, 0.6) is 5.75 Å². The van der Waals surface area contributed by atoms with E-state index in [-0.39, 0.29) is 12.5 Å². The molecule has 0 aromatic heterocycles. The van der Waals surface area contributed by atoms with Gasteiger partial charge in [-0.05, 0) is 44.4 Å². The molecule has 4 nitrogen and oxygen atoms in total. The van der Waals surface area contributed by atoms with E-state index in [1.807, 2.05) is 39.0 Å². The molecule has 1 unspecified atom stereocenters. The topological polar surface area (TPSA) is 62.1 Å². The number of nitrogens with zero attached hydrogens (tertiary/aromatic N) is 1. The van der Waals surface area contributed by atoms with Gasteiger partial charge in [0.15, 0.2) is 0 Å². The van der Waals surface area contributed by atoms with E-state index < -0.39 is 5.60 Å². The molecule has 0 heterocycles. The Morgan fingerprint density at radius 1 is 1.42 bits per heavy atom. The smallest absolute Gasteiger partial charge is 0.128 e. The Balaban J connectivity index is 2.97. The Morgan fingerprint density at radius 2 is 2.05 bits per heavy atom. The van der Waals surface area contributed by atoms with Crippen LogP contribution in [0.25, 0.3) is 0 Å². The second kappa shape index (κ2) is 6.06. The third-order valence-electron chi connectivity index (χ3n) is 3.44. The molecule has 0 fully saturated rings. The van der Waals surface area contributed by atoms with E-state index in [0.29, 0.717) is 11.5 Å². The Labute approximate surface area is 114 Å². The lowest BCUT2D eigenvalue weighted by atomic mass is 9.93. The summed E-state index contributed by atoms with van der Waals surface area (Å²) < 4.78 is 5.73. The van der Waals surface area contributed by atoms with E-state index in [2.05, 4.69) is 5.16 Å². The van der Waals surface area contributed by atoms with Gasteiger partial charge in [0, 0.05) is 5.56 Å². The summed E-state index contributed by atoms with van der Waals surface area (Å²) in [6.07, 6.45) is 0. The predicted molar refractivity (Wildman–Crippen MR) is 76.1 cm³/mol. The molecule has 4 heteroatoms. The van der Waals surface area contributed by atoms with E-state index >= 15 is 0 Å². The summed E-state index contributed by atoms with van der Waals surface area (Å²) in [5.74, 6) is 0.713. The van der Waals surface area contributed by atoms with Gasteiger partial charge in [-0.1, -0.05) is 25.1 Å². The van der Waals surface area contributed by atoms with Crippen LogP contribution in [-0.2, 0) is 0 Å². The lowest BCUT2D eigenvalue weighted by Crippen LogP contribution is -2.38. The highest BCUT2D eigenvalue weighted by Crippen LogP contribution is 2.24. The Bertz CT molecular complexity index is 464. The quantitative estimate of drug-likeness (QED) is 0.489. The number of aliphatic hydroxyl groups is 1. The Morgan fingerprint density at radius 3 is 2.58 bits per heavy atom. The van der Waals surface area contributed by atoms with Crippen LogP contribution in [-0.4, -0.2) is 28.2 Å². The van der Waals surface area contributed by atoms with Crippen molar-refractivity contribution in [2.24, 2.45) is 11.1 Å². The van der Waals surface area contributed by atoms with E-state index in [4.69, 9.17) is 9.94 Å². The predicted octanol–water partition coefficient (Wildman–Crippen LogP) is 2.98. The van der Waals surface area contributed by atoms with Crippen molar-refractivity contribution in [3.8, 4) is 5.75 Å². The largest absolute Gasteiger partial charge is 0.490 e. The van der Waals surface area contributed by atoms with Crippen LogP contribution < -0.4 is 4.74 Å². The molecule has 0 aliphatic heterocycles. The molecule has 0 saturated heterocycles. The Kier molecular flexibility index (Phi) is 4.95. The molecule has 0 aliphatic rings. The van der Waals surface area contributed by atoms with Crippen molar-refractivity contribution < 1.29 is 15.1 Å². The van der Waals surface area contributed by atoms with Gasteiger partial charge in [-0.2, -0.15) is 0 Å². The third kappa shape index (κ3) is 3.96. The lowest BCUT2D eigenvalue weighted by molar-refractivity contribution is -0.0267. The van der Waals surface area contributed by atoms with Gasteiger partial charge in [-0.15, -0.1) is 0 Å². The van der Waals surface area contributed by atoms with Crippen LogP contribution in [0.4, 0.5) is 0 Å².